The molecule has 0 spiro atoms. The van der Waals surface area contributed by atoms with Gasteiger partial charge in [-0.05, 0) is 24.3 Å². The fourth-order valence-electron chi connectivity index (χ4n) is 3.36. The van der Waals surface area contributed by atoms with E-state index >= 15 is 0 Å². The van der Waals surface area contributed by atoms with E-state index in [9.17, 15) is 17.6 Å². The number of hydrogen-bond donors (Lipinski definition) is 0. The zero-order valence-electron chi connectivity index (χ0n) is 14.7. The van der Waals surface area contributed by atoms with E-state index in [2.05, 4.69) is 15.0 Å². The summed E-state index contributed by atoms with van der Waals surface area (Å²) in [5.74, 6) is -0.257. The Balaban J connectivity index is 1.56. The van der Waals surface area contributed by atoms with E-state index in [1.54, 1.807) is 23.5 Å². The molecule has 0 amide bonds. The molecule has 0 atom stereocenters. The fourth-order valence-corrected chi connectivity index (χ4v) is 3.36. The maximum Gasteiger partial charge on any atom is 0.416 e. The number of pyridine rings is 1. The Morgan fingerprint density at radius 2 is 1.86 bits per heavy atom. The van der Waals surface area contributed by atoms with E-state index in [4.69, 9.17) is 0 Å². The third kappa shape index (κ3) is 3.73. The third-order valence-electron chi connectivity index (χ3n) is 4.76. The SMILES string of the molecule is Fc1cccc(C(F)(F)F)c1CN1CCc2nc(-c3ccncc3)ncc2C1. The summed E-state index contributed by atoms with van der Waals surface area (Å²) in [6, 6.07) is 6.69. The lowest BCUT2D eigenvalue weighted by Crippen LogP contribution is -2.32. The summed E-state index contributed by atoms with van der Waals surface area (Å²) < 4.78 is 53.8. The highest BCUT2D eigenvalue weighted by molar-refractivity contribution is 5.54. The van der Waals surface area contributed by atoms with Crippen LogP contribution < -0.4 is 0 Å². The van der Waals surface area contributed by atoms with Crippen molar-refractivity contribution in [1.29, 1.82) is 0 Å². The molecule has 0 bridgehead atoms. The monoisotopic (exact) mass is 388 g/mol. The molecule has 8 heteroatoms. The summed E-state index contributed by atoms with van der Waals surface area (Å²) in [5.41, 5.74) is 1.30. The molecule has 28 heavy (non-hydrogen) atoms. The molecular weight excluding hydrogens is 372 g/mol. The minimum Gasteiger partial charge on any atom is -0.294 e. The van der Waals surface area contributed by atoms with E-state index < -0.39 is 17.6 Å². The maximum absolute atomic E-state index is 14.1. The lowest BCUT2D eigenvalue weighted by Gasteiger charge is -2.29. The summed E-state index contributed by atoms with van der Waals surface area (Å²) in [6.45, 7) is 0.746. The van der Waals surface area contributed by atoms with Gasteiger partial charge < -0.3 is 0 Å². The Labute approximate surface area is 158 Å². The van der Waals surface area contributed by atoms with Crippen LogP contribution in [0.3, 0.4) is 0 Å². The highest BCUT2D eigenvalue weighted by Crippen LogP contribution is 2.34. The van der Waals surface area contributed by atoms with Crippen molar-refractivity contribution in [2.75, 3.05) is 6.54 Å². The molecule has 0 radical (unpaired) electrons. The van der Waals surface area contributed by atoms with Crippen molar-refractivity contribution in [3.05, 3.63) is 77.1 Å². The average Bonchev–Trinajstić information content (AvgIpc) is 2.69. The second-order valence-electron chi connectivity index (χ2n) is 6.63. The quantitative estimate of drug-likeness (QED) is 0.629. The van der Waals surface area contributed by atoms with Gasteiger partial charge in [-0.25, -0.2) is 14.4 Å². The number of hydrogen-bond acceptors (Lipinski definition) is 4. The number of benzene rings is 1. The van der Waals surface area contributed by atoms with Gasteiger partial charge in [0.05, 0.1) is 11.3 Å². The molecule has 144 valence electrons. The number of aromatic nitrogens is 3. The van der Waals surface area contributed by atoms with Gasteiger partial charge in [0.25, 0.3) is 0 Å². The molecule has 0 saturated carbocycles. The second kappa shape index (κ2) is 7.27. The van der Waals surface area contributed by atoms with Crippen LogP contribution >= 0.6 is 0 Å². The van der Waals surface area contributed by atoms with E-state index in [0.29, 0.717) is 25.3 Å². The average molecular weight is 388 g/mol. The van der Waals surface area contributed by atoms with Crippen LogP contribution in [0, 0.1) is 5.82 Å². The Kier molecular flexibility index (Phi) is 4.80. The summed E-state index contributed by atoms with van der Waals surface area (Å²) in [4.78, 5) is 14.7. The Hall–Kier alpha value is -2.87. The van der Waals surface area contributed by atoms with Crippen molar-refractivity contribution in [1.82, 2.24) is 19.9 Å². The van der Waals surface area contributed by atoms with Crippen LogP contribution in [0.2, 0.25) is 0 Å². The van der Waals surface area contributed by atoms with Crippen molar-refractivity contribution in [3.63, 3.8) is 0 Å². The normalized spacial score (nSPS) is 14.7. The van der Waals surface area contributed by atoms with Crippen LogP contribution in [0.15, 0.2) is 48.9 Å². The molecular formula is C20H16F4N4. The molecule has 4 rings (SSSR count). The summed E-state index contributed by atoms with van der Waals surface area (Å²) in [5, 5.41) is 0. The van der Waals surface area contributed by atoms with Gasteiger partial charge in [-0.3, -0.25) is 9.88 Å². The Morgan fingerprint density at radius 1 is 1.07 bits per heavy atom. The zero-order valence-corrected chi connectivity index (χ0v) is 14.7. The molecule has 0 N–H and O–H groups in total. The fraction of sp³-hybridized carbons (Fsp3) is 0.250. The van der Waals surface area contributed by atoms with Crippen LogP contribution in [0.5, 0.6) is 0 Å². The number of halogens is 4. The lowest BCUT2D eigenvalue weighted by atomic mass is 10.0. The summed E-state index contributed by atoms with van der Waals surface area (Å²) >= 11 is 0. The molecule has 3 aromatic rings. The molecule has 1 aliphatic heterocycles. The largest absolute Gasteiger partial charge is 0.416 e. The van der Waals surface area contributed by atoms with Crippen molar-refractivity contribution in [3.8, 4) is 11.4 Å². The first-order chi connectivity index (χ1) is 13.4. The lowest BCUT2D eigenvalue weighted by molar-refractivity contribution is -0.138. The smallest absolute Gasteiger partial charge is 0.294 e. The first kappa shape index (κ1) is 18.5. The van der Waals surface area contributed by atoms with Crippen LogP contribution in [0.25, 0.3) is 11.4 Å². The van der Waals surface area contributed by atoms with Crippen LogP contribution in [0.1, 0.15) is 22.4 Å². The predicted octanol–water partition coefficient (Wildman–Crippen LogP) is 4.25. The molecule has 0 fully saturated rings. The molecule has 1 aliphatic rings. The van der Waals surface area contributed by atoms with Gasteiger partial charge in [-0.1, -0.05) is 6.07 Å². The number of fused-ring (bicyclic) bond motifs is 1. The number of nitrogens with zero attached hydrogens (tertiary/aromatic N) is 4. The van der Waals surface area contributed by atoms with Gasteiger partial charge in [0.2, 0.25) is 0 Å². The Bertz CT molecular complexity index is 989. The van der Waals surface area contributed by atoms with E-state index in [1.165, 1.54) is 0 Å². The van der Waals surface area contributed by atoms with Gasteiger partial charge in [-0.15, -0.1) is 0 Å². The molecule has 0 aliphatic carbocycles. The van der Waals surface area contributed by atoms with Crippen LogP contribution in [-0.2, 0) is 25.7 Å². The van der Waals surface area contributed by atoms with Crippen molar-refractivity contribution < 1.29 is 17.6 Å². The van der Waals surface area contributed by atoms with Gasteiger partial charge >= 0.3 is 6.18 Å². The van der Waals surface area contributed by atoms with E-state index in [-0.39, 0.29) is 12.1 Å². The predicted molar refractivity (Wildman–Crippen MR) is 94.5 cm³/mol. The molecule has 3 heterocycles. The minimum absolute atomic E-state index is 0.118. The Morgan fingerprint density at radius 3 is 2.61 bits per heavy atom. The molecule has 2 aromatic heterocycles. The first-order valence-electron chi connectivity index (χ1n) is 8.74. The highest BCUT2D eigenvalue weighted by atomic mass is 19.4. The van der Waals surface area contributed by atoms with Crippen LogP contribution in [-0.4, -0.2) is 26.4 Å². The van der Waals surface area contributed by atoms with Gasteiger partial charge in [0.15, 0.2) is 5.82 Å². The topological polar surface area (TPSA) is 41.9 Å². The van der Waals surface area contributed by atoms with E-state index in [0.717, 1.165) is 35.0 Å². The number of alkyl halides is 3. The second-order valence-corrected chi connectivity index (χ2v) is 6.63. The maximum atomic E-state index is 14.1. The molecule has 0 saturated heterocycles. The van der Waals surface area contributed by atoms with E-state index in [1.807, 2.05) is 12.1 Å². The molecule has 1 aromatic carbocycles. The van der Waals surface area contributed by atoms with Gasteiger partial charge in [-0.2, -0.15) is 13.2 Å². The first-order valence-corrected chi connectivity index (χ1v) is 8.74. The van der Waals surface area contributed by atoms with Crippen molar-refractivity contribution >= 4 is 0 Å². The summed E-state index contributed by atoms with van der Waals surface area (Å²) in [7, 11) is 0. The summed E-state index contributed by atoms with van der Waals surface area (Å²) in [6.07, 6.45) is 0.981. The van der Waals surface area contributed by atoms with Crippen molar-refractivity contribution in [2.24, 2.45) is 0 Å². The highest BCUT2D eigenvalue weighted by Gasteiger charge is 2.35. The van der Waals surface area contributed by atoms with Crippen LogP contribution in [0.4, 0.5) is 17.6 Å². The minimum atomic E-state index is -4.59. The number of rotatable bonds is 3. The zero-order chi connectivity index (χ0) is 19.7. The van der Waals surface area contributed by atoms with Crippen molar-refractivity contribution in [2.45, 2.75) is 25.7 Å². The molecule has 4 nitrogen and oxygen atoms in total. The third-order valence-corrected chi connectivity index (χ3v) is 4.76. The van der Waals surface area contributed by atoms with Gasteiger partial charge in [0, 0.05) is 61.3 Å². The van der Waals surface area contributed by atoms with Gasteiger partial charge in [0.1, 0.15) is 5.82 Å². The standard InChI is InChI=1S/C20H16F4N4/c21-17-3-1-2-16(20(22,23)24)15(17)12-28-9-6-18-14(11-28)10-26-19(27-18)13-4-7-25-8-5-13/h1-5,7-8,10H,6,9,11-12H2. The molecule has 0 unspecified atom stereocenters.